The van der Waals surface area contributed by atoms with Gasteiger partial charge >= 0.3 is 18.2 Å². The molecule has 5 aliphatic rings. The zero-order valence-corrected chi connectivity index (χ0v) is 42.8. The van der Waals surface area contributed by atoms with Crippen LogP contribution in [0.3, 0.4) is 0 Å². The maximum atomic E-state index is 14.9. The lowest BCUT2D eigenvalue weighted by molar-refractivity contribution is -0.150. The van der Waals surface area contributed by atoms with Gasteiger partial charge in [-0.2, -0.15) is 0 Å². The molecule has 13 heteroatoms. The van der Waals surface area contributed by atoms with Gasteiger partial charge in [-0.1, -0.05) is 101 Å². The molecule has 7 atom stereocenters. The Morgan fingerprint density at radius 3 is 1.67 bits per heavy atom. The van der Waals surface area contributed by atoms with Gasteiger partial charge in [0.05, 0.1) is 10.8 Å². The lowest BCUT2D eigenvalue weighted by Crippen LogP contribution is -2.60. The summed E-state index contributed by atoms with van der Waals surface area (Å²) in [6, 6.07) is 26.6. The van der Waals surface area contributed by atoms with Crippen molar-refractivity contribution in [1.29, 1.82) is 0 Å². The zero-order valence-electron chi connectivity index (χ0n) is 42.8. The standard InChI is InChI=1S/C59H70N4O9/c1-55(2,3)72-54(70)61-38-23-19-36-21-26-48-57(5,45(36)33-38)29-13-31-59(48,7)52(68)63-51(67)58(6)30-12-28-56(4)44-32-37(22-18-35(44)20-25-47(56)58)60-50(66)46(24-27-49(64)65)62-53(69)71-34-43-41-16-10-8-14-39(41)40-15-9-11-17-42(40)43/h8-11,14-19,22-23,32-33,43,46-48H,12-13,20-21,24-31,34H2,1-7H3,(H,60,66)(H,61,70)(H,62,69)(H,64,65)(H,63,67,68)/t46?,47-,48-,56-,57-,58+,59+/m1/s1. The van der Waals surface area contributed by atoms with Crippen molar-refractivity contribution in [3.63, 3.8) is 0 Å². The fourth-order valence-corrected chi connectivity index (χ4v) is 14.0. The number of aliphatic carboxylic acids is 1. The number of imide groups is 1. The number of hydrogen-bond donors (Lipinski definition) is 5. The third kappa shape index (κ3) is 9.39. The Bertz CT molecular complexity index is 2790. The second-order valence-corrected chi connectivity index (χ2v) is 23.2. The highest BCUT2D eigenvalue weighted by molar-refractivity contribution is 6.01. The maximum absolute atomic E-state index is 14.9. The second kappa shape index (κ2) is 19.2. The van der Waals surface area contributed by atoms with Gasteiger partial charge in [-0.05, 0) is 170 Å². The molecule has 13 nitrogen and oxygen atoms in total. The molecule has 380 valence electrons. The number of carbonyl (C=O) groups excluding carboxylic acids is 5. The van der Waals surface area contributed by atoms with E-state index in [0.717, 1.165) is 83.9 Å². The van der Waals surface area contributed by atoms with Crippen LogP contribution in [-0.2, 0) is 52.3 Å². The number of amides is 5. The SMILES string of the molecule is CC(C)(C)OC(=O)Nc1ccc2c(c1)[C@@]1(C)CCC[C@](C)(C(=O)NC(=O)[C@@]3(C)CCC[C@]4(C)c5cc(NC(=O)C(CCC(=O)O)NC(=O)OCC6c7ccccc7-c7ccccc76)ccc5CC[C@@H]34)[C@@H]1CC2. The molecule has 1 unspecified atom stereocenters. The van der Waals surface area contributed by atoms with Crippen molar-refractivity contribution in [2.45, 2.75) is 154 Å². The van der Waals surface area contributed by atoms with Crippen molar-refractivity contribution in [3.05, 3.63) is 118 Å². The van der Waals surface area contributed by atoms with Crippen LogP contribution in [-0.4, -0.2) is 59.2 Å². The molecule has 0 aliphatic heterocycles. The molecule has 2 fully saturated rings. The van der Waals surface area contributed by atoms with Crippen molar-refractivity contribution in [2.24, 2.45) is 22.7 Å². The van der Waals surface area contributed by atoms with Gasteiger partial charge in [0, 0.05) is 23.7 Å². The maximum Gasteiger partial charge on any atom is 0.412 e. The smallest absolute Gasteiger partial charge is 0.412 e. The Labute approximate surface area is 423 Å². The van der Waals surface area contributed by atoms with E-state index < -0.39 is 52.0 Å². The highest BCUT2D eigenvalue weighted by atomic mass is 16.6. The molecule has 0 saturated heterocycles. The van der Waals surface area contributed by atoms with Crippen LogP contribution in [0.25, 0.3) is 11.1 Å². The number of carboxylic acid groups (broad SMARTS) is 1. The molecule has 4 aromatic rings. The molecule has 72 heavy (non-hydrogen) atoms. The van der Waals surface area contributed by atoms with Crippen molar-refractivity contribution in [3.8, 4) is 11.1 Å². The van der Waals surface area contributed by atoms with Crippen molar-refractivity contribution < 1.29 is 43.3 Å². The molecule has 2 saturated carbocycles. The van der Waals surface area contributed by atoms with Crippen LogP contribution in [0.15, 0.2) is 84.9 Å². The Balaban J connectivity index is 0.881. The lowest BCUT2D eigenvalue weighted by Gasteiger charge is -2.56. The average molecular weight is 979 g/mol. The van der Waals surface area contributed by atoms with Gasteiger partial charge in [-0.25, -0.2) is 9.59 Å². The Kier molecular flexibility index (Phi) is 13.4. The molecule has 9 rings (SSSR count). The molecular weight excluding hydrogens is 909 g/mol. The number of fused-ring (bicyclic) bond motifs is 9. The number of nitrogens with one attached hydrogen (secondary N) is 4. The van der Waals surface area contributed by atoms with Gasteiger partial charge in [-0.15, -0.1) is 0 Å². The van der Waals surface area contributed by atoms with Gasteiger partial charge in [0.1, 0.15) is 18.2 Å². The van der Waals surface area contributed by atoms with E-state index in [9.17, 15) is 33.9 Å². The van der Waals surface area contributed by atoms with E-state index in [-0.39, 0.29) is 54.4 Å². The minimum Gasteiger partial charge on any atom is -0.481 e. The topological polar surface area (TPSA) is 189 Å². The van der Waals surface area contributed by atoms with Crippen LogP contribution in [0.1, 0.15) is 152 Å². The largest absolute Gasteiger partial charge is 0.481 e. The number of anilines is 2. The van der Waals surface area contributed by atoms with Crippen molar-refractivity contribution in [1.82, 2.24) is 10.6 Å². The number of rotatable bonds is 11. The van der Waals surface area contributed by atoms with E-state index >= 15 is 0 Å². The van der Waals surface area contributed by atoms with E-state index in [1.165, 1.54) is 5.56 Å². The number of benzene rings is 4. The van der Waals surface area contributed by atoms with Crippen LogP contribution in [0.2, 0.25) is 0 Å². The highest BCUT2D eigenvalue weighted by Crippen LogP contribution is 2.60. The summed E-state index contributed by atoms with van der Waals surface area (Å²) in [5.74, 6) is -2.47. The molecule has 5 N–H and O–H groups in total. The molecule has 0 radical (unpaired) electrons. The minimum atomic E-state index is -1.19. The normalized spacial score (nSPS) is 26.4. The minimum absolute atomic E-state index is 0.0340. The van der Waals surface area contributed by atoms with E-state index in [2.05, 4.69) is 41.2 Å². The first kappa shape index (κ1) is 50.4. The number of alkyl carbamates (subject to hydrolysis) is 1. The van der Waals surface area contributed by atoms with Gasteiger partial charge in [0.15, 0.2) is 0 Å². The second-order valence-electron chi connectivity index (χ2n) is 23.2. The summed E-state index contributed by atoms with van der Waals surface area (Å²) < 4.78 is 11.3. The summed E-state index contributed by atoms with van der Waals surface area (Å²) in [5.41, 5.74) is 6.78. The van der Waals surface area contributed by atoms with Gasteiger partial charge in [-0.3, -0.25) is 29.8 Å². The Morgan fingerprint density at radius 2 is 1.17 bits per heavy atom. The highest BCUT2D eigenvalue weighted by Gasteiger charge is 2.58. The summed E-state index contributed by atoms with van der Waals surface area (Å²) in [4.78, 5) is 81.6. The zero-order chi connectivity index (χ0) is 51.4. The van der Waals surface area contributed by atoms with E-state index in [1.807, 2.05) is 113 Å². The number of ether oxygens (including phenoxy) is 2. The molecule has 0 aromatic heterocycles. The number of hydrogen-bond acceptors (Lipinski definition) is 8. The summed E-state index contributed by atoms with van der Waals surface area (Å²) in [6.45, 7) is 14.0. The van der Waals surface area contributed by atoms with Gasteiger partial charge in [0.25, 0.3) is 0 Å². The Morgan fingerprint density at radius 1 is 0.667 bits per heavy atom. The molecule has 0 bridgehead atoms. The first-order valence-corrected chi connectivity index (χ1v) is 25.9. The van der Waals surface area contributed by atoms with Crippen LogP contribution < -0.4 is 21.3 Å². The first-order chi connectivity index (χ1) is 34.1. The predicted octanol–water partition coefficient (Wildman–Crippen LogP) is 11.1. The monoisotopic (exact) mass is 979 g/mol. The van der Waals surface area contributed by atoms with Crippen LogP contribution in [0.5, 0.6) is 0 Å². The fourth-order valence-electron chi connectivity index (χ4n) is 14.0. The molecule has 4 aromatic carbocycles. The van der Waals surface area contributed by atoms with Gasteiger partial charge in [0.2, 0.25) is 17.7 Å². The summed E-state index contributed by atoms with van der Waals surface area (Å²) in [5, 5.41) is 21.2. The van der Waals surface area contributed by atoms with Crippen LogP contribution >= 0.6 is 0 Å². The Hall–Kier alpha value is -6.50. The van der Waals surface area contributed by atoms with Crippen LogP contribution in [0.4, 0.5) is 21.0 Å². The summed E-state index contributed by atoms with van der Waals surface area (Å²) in [7, 11) is 0. The van der Waals surface area contributed by atoms with Crippen molar-refractivity contribution in [2.75, 3.05) is 17.2 Å². The van der Waals surface area contributed by atoms with E-state index in [1.54, 1.807) is 0 Å². The third-order valence-electron chi connectivity index (χ3n) is 17.5. The number of carboxylic acids is 1. The summed E-state index contributed by atoms with van der Waals surface area (Å²) >= 11 is 0. The quantitative estimate of drug-likeness (QED) is 0.0911. The molecule has 0 spiro atoms. The first-order valence-electron chi connectivity index (χ1n) is 25.9. The lowest BCUT2D eigenvalue weighted by atomic mass is 9.49. The molecule has 5 aliphatic carbocycles. The molecule has 0 heterocycles. The van der Waals surface area contributed by atoms with Gasteiger partial charge < -0.3 is 25.2 Å². The average Bonchev–Trinajstić information content (AvgIpc) is 3.64. The summed E-state index contributed by atoms with van der Waals surface area (Å²) in [6.07, 6.45) is 5.79. The van der Waals surface area contributed by atoms with Crippen LogP contribution in [0, 0.1) is 22.7 Å². The van der Waals surface area contributed by atoms with E-state index in [0.29, 0.717) is 30.6 Å². The van der Waals surface area contributed by atoms with Crippen molar-refractivity contribution >= 4 is 47.3 Å². The molecule has 5 amide bonds. The fraction of sp³-hybridized carbons (Fsp3) is 0.492. The predicted molar refractivity (Wildman–Crippen MR) is 276 cm³/mol. The third-order valence-corrected chi connectivity index (χ3v) is 17.5. The number of carbonyl (C=O) groups is 6. The van der Waals surface area contributed by atoms with E-state index in [4.69, 9.17) is 9.47 Å². The molecular formula is C59H70N4O9. The number of aryl methyl sites for hydroxylation is 2.